The van der Waals surface area contributed by atoms with Crippen molar-refractivity contribution in [2.45, 2.75) is 34.2 Å². The SMILES string of the molecule is C/C(=C/C(=O)NCc1ccc(N2CCNC(=O)C2)c(F)c1)C(C)(C)C. The molecule has 1 saturated heterocycles. The van der Waals surface area contributed by atoms with Gasteiger partial charge in [0.15, 0.2) is 0 Å². The van der Waals surface area contributed by atoms with Crippen molar-refractivity contribution in [1.82, 2.24) is 10.6 Å². The molecular formula is C19H26FN3O2. The topological polar surface area (TPSA) is 61.4 Å². The number of hydrogen-bond acceptors (Lipinski definition) is 3. The van der Waals surface area contributed by atoms with Gasteiger partial charge in [0, 0.05) is 25.7 Å². The molecule has 2 N–H and O–H groups in total. The van der Waals surface area contributed by atoms with Gasteiger partial charge in [-0.2, -0.15) is 0 Å². The fraction of sp³-hybridized carbons (Fsp3) is 0.474. The monoisotopic (exact) mass is 347 g/mol. The van der Waals surface area contributed by atoms with Crippen LogP contribution in [0.1, 0.15) is 33.3 Å². The Hall–Kier alpha value is -2.37. The fourth-order valence-electron chi connectivity index (χ4n) is 2.41. The molecule has 0 aromatic heterocycles. The molecule has 2 amide bonds. The third-order valence-corrected chi connectivity index (χ3v) is 4.39. The number of rotatable bonds is 4. The van der Waals surface area contributed by atoms with Gasteiger partial charge >= 0.3 is 0 Å². The van der Waals surface area contributed by atoms with Crippen LogP contribution < -0.4 is 15.5 Å². The van der Waals surface area contributed by atoms with Crippen molar-refractivity contribution in [2.24, 2.45) is 5.41 Å². The lowest BCUT2D eigenvalue weighted by Crippen LogP contribution is -2.48. The Labute approximate surface area is 148 Å². The van der Waals surface area contributed by atoms with Gasteiger partial charge in [-0.1, -0.05) is 32.4 Å². The van der Waals surface area contributed by atoms with Crippen LogP contribution in [0, 0.1) is 11.2 Å². The van der Waals surface area contributed by atoms with E-state index in [1.165, 1.54) is 6.07 Å². The summed E-state index contributed by atoms with van der Waals surface area (Å²) >= 11 is 0. The van der Waals surface area contributed by atoms with E-state index in [2.05, 4.69) is 10.6 Å². The lowest BCUT2D eigenvalue weighted by atomic mass is 9.87. The highest BCUT2D eigenvalue weighted by atomic mass is 19.1. The van der Waals surface area contributed by atoms with Crippen molar-refractivity contribution in [2.75, 3.05) is 24.5 Å². The maximum absolute atomic E-state index is 14.4. The van der Waals surface area contributed by atoms with Crippen molar-refractivity contribution in [3.63, 3.8) is 0 Å². The second-order valence-electron chi connectivity index (χ2n) is 7.35. The van der Waals surface area contributed by atoms with Gasteiger partial charge in [0.1, 0.15) is 5.82 Å². The molecule has 2 rings (SSSR count). The number of allylic oxidation sites excluding steroid dienone is 1. The number of benzene rings is 1. The molecule has 1 aliphatic rings. The Morgan fingerprint density at radius 1 is 1.40 bits per heavy atom. The molecule has 25 heavy (non-hydrogen) atoms. The van der Waals surface area contributed by atoms with Crippen molar-refractivity contribution in [1.29, 1.82) is 0 Å². The highest BCUT2D eigenvalue weighted by Gasteiger charge is 2.19. The Morgan fingerprint density at radius 2 is 2.12 bits per heavy atom. The average molecular weight is 347 g/mol. The van der Waals surface area contributed by atoms with Crippen LogP contribution in [0.4, 0.5) is 10.1 Å². The number of hydrogen-bond donors (Lipinski definition) is 2. The van der Waals surface area contributed by atoms with Crippen LogP contribution in [0.3, 0.4) is 0 Å². The normalized spacial score (nSPS) is 15.8. The summed E-state index contributed by atoms with van der Waals surface area (Å²) in [5.74, 6) is -0.685. The van der Waals surface area contributed by atoms with E-state index in [0.717, 1.165) is 5.57 Å². The zero-order valence-electron chi connectivity index (χ0n) is 15.3. The van der Waals surface area contributed by atoms with Crippen LogP contribution in [0.15, 0.2) is 29.8 Å². The van der Waals surface area contributed by atoms with E-state index < -0.39 is 0 Å². The van der Waals surface area contributed by atoms with Crippen LogP contribution in [-0.2, 0) is 16.1 Å². The van der Waals surface area contributed by atoms with Gasteiger partial charge in [0.2, 0.25) is 11.8 Å². The van der Waals surface area contributed by atoms with Crippen molar-refractivity contribution < 1.29 is 14.0 Å². The molecule has 5 nitrogen and oxygen atoms in total. The lowest BCUT2D eigenvalue weighted by Gasteiger charge is -2.29. The highest BCUT2D eigenvalue weighted by molar-refractivity contribution is 5.88. The molecule has 0 bridgehead atoms. The second-order valence-corrected chi connectivity index (χ2v) is 7.35. The van der Waals surface area contributed by atoms with E-state index in [4.69, 9.17) is 0 Å². The summed E-state index contributed by atoms with van der Waals surface area (Å²) in [6, 6.07) is 4.83. The Balaban J connectivity index is 1.99. The van der Waals surface area contributed by atoms with Crippen LogP contribution in [0.5, 0.6) is 0 Å². The smallest absolute Gasteiger partial charge is 0.244 e. The largest absolute Gasteiger partial charge is 0.358 e. The predicted molar refractivity (Wildman–Crippen MR) is 96.7 cm³/mol. The molecule has 6 heteroatoms. The number of carbonyl (C=O) groups is 2. The summed E-state index contributed by atoms with van der Waals surface area (Å²) in [7, 11) is 0. The Morgan fingerprint density at radius 3 is 2.72 bits per heavy atom. The molecule has 0 radical (unpaired) electrons. The number of halogens is 1. The number of nitrogens with zero attached hydrogens (tertiary/aromatic N) is 1. The Kier molecular flexibility index (Phi) is 5.82. The summed E-state index contributed by atoms with van der Waals surface area (Å²) in [6.45, 7) is 9.55. The molecule has 0 unspecified atom stereocenters. The first kappa shape index (κ1) is 19.0. The number of nitrogens with one attached hydrogen (secondary N) is 2. The third kappa shape index (κ3) is 5.31. The van der Waals surface area contributed by atoms with Crippen LogP contribution in [0.2, 0.25) is 0 Å². The van der Waals surface area contributed by atoms with Crippen LogP contribution >= 0.6 is 0 Å². The highest BCUT2D eigenvalue weighted by Crippen LogP contribution is 2.24. The fourth-order valence-corrected chi connectivity index (χ4v) is 2.41. The van der Waals surface area contributed by atoms with Crippen LogP contribution in [-0.4, -0.2) is 31.4 Å². The van der Waals surface area contributed by atoms with E-state index in [-0.39, 0.29) is 36.1 Å². The maximum atomic E-state index is 14.4. The van der Waals surface area contributed by atoms with Crippen molar-refractivity contribution in [3.05, 3.63) is 41.2 Å². The summed E-state index contributed by atoms with van der Waals surface area (Å²) in [6.07, 6.45) is 1.58. The summed E-state index contributed by atoms with van der Waals surface area (Å²) in [5.41, 5.74) is 2.01. The maximum Gasteiger partial charge on any atom is 0.244 e. The first-order valence-electron chi connectivity index (χ1n) is 8.43. The van der Waals surface area contributed by atoms with E-state index in [9.17, 15) is 14.0 Å². The molecular weight excluding hydrogens is 321 g/mol. The predicted octanol–water partition coefficient (Wildman–Crippen LogP) is 2.37. The quantitative estimate of drug-likeness (QED) is 0.822. The lowest BCUT2D eigenvalue weighted by molar-refractivity contribution is -0.120. The molecule has 0 atom stereocenters. The van der Waals surface area contributed by atoms with Crippen molar-refractivity contribution >= 4 is 17.5 Å². The number of anilines is 1. The minimum Gasteiger partial charge on any atom is -0.358 e. The van der Waals surface area contributed by atoms with Crippen molar-refractivity contribution in [3.8, 4) is 0 Å². The van der Waals surface area contributed by atoms with E-state index >= 15 is 0 Å². The average Bonchev–Trinajstić information content (AvgIpc) is 2.52. The summed E-state index contributed by atoms with van der Waals surface area (Å²) in [5, 5.41) is 5.49. The van der Waals surface area contributed by atoms with Gasteiger partial charge in [-0.05, 0) is 30.0 Å². The number of piperazine rings is 1. The molecule has 1 heterocycles. The van der Waals surface area contributed by atoms with Gasteiger partial charge in [-0.15, -0.1) is 0 Å². The first-order valence-corrected chi connectivity index (χ1v) is 8.43. The zero-order chi connectivity index (χ0) is 18.6. The molecule has 0 spiro atoms. The minimum absolute atomic E-state index is 0.0637. The second kappa shape index (κ2) is 7.68. The standard InChI is InChI=1S/C19H26FN3O2/c1-13(19(2,3)4)9-17(24)22-11-14-5-6-16(15(20)10-14)23-8-7-21-18(25)12-23/h5-6,9-10H,7-8,11-12H2,1-4H3,(H,21,25)(H,22,24)/b13-9-. The minimum atomic E-state index is -0.386. The first-order chi connectivity index (χ1) is 11.7. The van der Waals surface area contributed by atoms with E-state index in [0.29, 0.717) is 24.3 Å². The van der Waals surface area contributed by atoms with Gasteiger partial charge in [0.05, 0.1) is 12.2 Å². The molecule has 1 aliphatic heterocycles. The van der Waals surface area contributed by atoms with E-state index in [1.54, 1.807) is 23.1 Å². The zero-order valence-corrected chi connectivity index (χ0v) is 15.3. The van der Waals surface area contributed by atoms with Gasteiger partial charge < -0.3 is 15.5 Å². The molecule has 0 aliphatic carbocycles. The van der Waals surface area contributed by atoms with Gasteiger partial charge in [-0.3, -0.25) is 9.59 Å². The molecule has 136 valence electrons. The number of amides is 2. The third-order valence-electron chi connectivity index (χ3n) is 4.39. The summed E-state index contributed by atoms with van der Waals surface area (Å²) in [4.78, 5) is 25.1. The number of carbonyl (C=O) groups excluding carboxylic acids is 2. The molecule has 1 aromatic carbocycles. The van der Waals surface area contributed by atoms with Gasteiger partial charge in [-0.25, -0.2) is 4.39 Å². The molecule has 1 fully saturated rings. The van der Waals surface area contributed by atoms with Gasteiger partial charge in [0.25, 0.3) is 0 Å². The van der Waals surface area contributed by atoms with Crippen LogP contribution in [0.25, 0.3) is 0 Å². The molecule has 0 saturated carbocycles. The molecule has 1 aromatic rings. The summed E-state index contributed by atoms with van der Waals surface area (Å²) < 4.78 is 14.4. The van der Waals surface area contributed by atoms with E-state index in [1.807, 2.05) is 27.7 Å². The Bertz CT molecular complexity index is 692.